The van der Waals surface area contributed by atoms with E-state index in [0.29, 0.717) is 5.56 Å². The molecule has 0 saturated heterocycles. The molecule has 0 atom stereocenters. The number of aromatic hydroxyl groups is 1. The number of nitrogens with two attached hydrogens (primary N) is 1. The Labute approximate surface area is 122 Å². The number of amides is 1. The SMILES string of the molecule is COc1cc(C(N)=O)c(OC)c(-c2ccccc2C)c1O. The Balaban J connectivity index is 2.89. The Bertz CT molecular complexity index is 695. The van der Waals surface area contributed by atoms with Gasteiger partial charge >= 0.3 is 0 Å². The fourth-order valence-corrected chi connectivity index (χ4v) is 2.28. The lowest BCUT2D eigenvalue weighted by molar-refractivity contribution is 0.0997. The summed E-state index contributed by atoms with van der Waals surface area (Å²) < 4.78 is 10.4. The van der Waals surface area contributed by atoms with Crippen molar-refractivity contribution in [3.63, 3.8) is 0 Å². The first-order valence-electron chi connectivity index (χ1n) is 6.35. The van der Waals surface area contributed by atoms with Crippen molar-refractivity contribution in [2.75, 3.05) is 14.2 Å². The van der Waals surface area contributed by atoms with Gasteiger partial charge in [-0.2, -0.15) is 0 Å². The number of methoxy groups -OCH3 is 2. The van der Waals surface area contributed by atoms with E-state index in [1.807, 2.05) is 31.2 Å². The topological polar surface area (TPSA) is 81.8 Å². The van der Waals surface area contributed by atoms with Gasteiger partial charge in [0.1, 0.15) is 5.75 Å². The number of benzene rings is 2. The number of carbonyl (C=O) groups excluding carboxylic acids is 1. The summed E-state index contributed by atoms with van der Waals surface area (Å²) in [6.07, 6.45) is 0. The van der Waals surface area contributed by atoms with Gasteiger partial charge in [0, 0.05) is 6.07 Å². The van der Waals surface area contributed by atoms with Gasteiger partial charge in [0.05, 0.1) is 25.3 Å². The summed E-state index contributed by atoms with van der Waals surface area (Å²) in [4.78, 5) is 11.6. The maximum absolute atomic E-state index is 11.6. The third kappa shape index (κ3) is 2.50. The molecule has 0 heterocycles. The monoisotopic (exact) mass is 287 g/mol. The fraction of sp³-hybridized carbons (Fsp3) is 0.188. The smallest absolute Gasteiger partial charge is 0.252 e. The Morgan fingerprint density at radius 2 is 1.86 bits per heavy atom. The molecular weight excluding hydrogens is 270 g/mol. The standard InChI is InChI=1S/C16H17NO4/c1-9-6-4-5-7-10(9)13-14(18)12(20-2)8-11(16(17)19)15(13)21-3/h4-8,18H,1-3H3,(H2,17,19). The number of ether oxygens (including phenoxy) is 2. The van der Waals surface area contributed by atoms with Crippen molar-refractivity contribution in [2.45, 2.75) is 6.92 Å². The molecule has 0 fully saturated rings. The van der Waals surface area contributed by atoms with E-state index in [-0.39, 0.29) is 22.8 Å². The minimum absolute atomic E-state index is 0.0892. The molecule has 0 aliphatic rings. The summed E-state index contributed by atoms with van der Waals surface area (Å²) in [7, 11) is 2.84. The zero-order chi connectivity index (χ0) is 15.6. The van der Waals surface area contributed by atoms with Crippen molar-refractivity contribution < 1.29 is 19.4 Å². The van der Waals surface area contributed by atoms with E-state index < -0.39 is 5.91 Å². The van der Waals surface area contributed by atoms with Crippen molar-refractivity contribution in [1.29, 1.82) is 0 Å². The molecule has 0 radical (unpaired) electrons. The second-order valence-corrected chi connectivity index (χ2v) is 4.56. The minimum atomic E-state index is -0.653. The first kappa shape index (κ1) is 14.7. The van der Waals surface area contributed by atoms with E-state index in [1.165, 1.54) is 20.3 Å². The van der Waals surface area contributed by atoms with E-state index in [2.05, 4.69) is 0 Å². The van der Waals surface area contributed by atoms with Gasteiger partial charge in [0.2, 0.25) is 0 Å². The van der Waals surface area contributed by atoms with E-state index >= 15 is 0 Å². The summed E-state index contributed by atoms with van der Waals surface area (Å²) >= 11 is 0. The van der Waals surface area contributed by atoms with Gasteiger partial charge < -0.3 is 20.3 Å². The molecule has 0 aliphatic carbocycles. The average molecular weight is 287 g/mol. The number of carbonyl (C=O) groups is 1. The van der Waals surface area contributed by atoms with E-state index in [9.17, 15) is 9.90 Å². The molecule has 5 nitrogen and oxygen atoms in total. The van der Waals surface area contributed by atoms with E-state index in [4.69, 9.17) is 15.2 Å². The molecule has 1 amide bonds. The predicted molar refractivity (Wildman–Crippen MR) is 79.9 cm³/mol. The number of phenolic OH excluding ortho intramolecular Hbond substituents is 1. The maximum Gasteiger partial charge on any atom is 0.252 e. The molecule has 3 N–H and O–H groups in total. The number of aryl methyl sites for hydroxylation is 1. The summed E-state index contributed by atoms with van der Waals surface area (Å²) in [5, 5.41) is 10.4. The van der Waals surface area contributed by atoms with Gasteiger partial charge in [-0.05, 0) is 18.1 Å². The number of hydrogen-bond donors (Lipinski definition) is 2. The second kappa shape index (κ2) is 5.75. The van der Waals surface area contributed by atoms with Gasteiger partial charge in [-0.1, -0.05) is 24.3 Å². The summed E-state index contributed by atoms with van der Waals surface area (Å²) in [5.74, 6) is -0.341. The molecule has 0 spiro atoms. The van der Waals surface area contributed by atoms with Crippen LogP contribution in [0.5, 0.6) is 17.2 Å². The molecule has 2 rings (SSSR count). The van der Waals surface area contributed by atoms with E-state index in [1.54, 1.807) is 0 Å². The van der Waals surface area contributed by atoms with Gasteiger partial charge in [0.25, 0.3) is 5.91 Å². The van der Waals surface area contributed by atoms with E-state index in [0.717, 1.165) is 11.1 Å². The second-order valence-electron chi connectivity index (χ2n) is 4.56. The van der Waals surface area contributed by atoms with Crippen molar-refractivity contribution in [3.8, 4) is 28.4 Å². The molecule has 2 aromatic rings. The van der Waals surface area contributed by atoms with Crippen LogP contribution in [-0.2, 0) is 0 Å². The fourth-order valence-electron chi connectivity index (χ4n) is 2.28. The summed E-state index contributed by atoms with van der Waals surface area (Å²) in [6, 6.07) is 8.83. The Kier molecular flexibility index (Phi) is 4.03. The molecule has 0 saturated carbocycles. The number of phenols is 1. The molecule has 2 aromatic carbocycles. The Morgan fingerprint density at radius 3 is 2.38 bits per heavy atom. The van der Waals surface area contributed by atoms with Crippen LogP contribution in [0.2, 0.25) is 0 Å². The highest BCUT2D eigenvalue weighted by atomic mass is 16.5. The highest BCUT2D eigenvalue weighted by Crippen LogP contribution is 2.46. The molecule has 5 heteroatoms. The van der Waals surface area contributed by atoms with Crippen molar-refractivity contribution in [3.05, 3.63) is 41.5 Å². The Morgan fingerprint density at radius 1 is 1.19 bits per heavy atom. The lowest BCUT2D eigenvalue weighted by Crippen LogP contribution is -2.13. The van der Waals surface area contributed by atoms with Gasteiger partial charge in [0.15, 0.2) is 11.5 Å². The molecule has 0 unspecified atom stereocenters. The molecule has 110 valence electrons. The predicted octanol–water partition coefficient (Wildman–Crippen LogP) is 2.48. The largest absolute Gasteiger partial charge is 0.504 e. The lowest BCUT2D eigenvalue weighted by Gasteiger charge is -2.17. The van der Waals surface area contributed by atoms with Crippen LogP contribution in [0.1, 0.15) is 15.9 Å². The van der Waals surface area contributed by atoms with Crippen LogP contribution < -0.4 is 15.2 Å². The summed E-state index contributed by atoms with van der Waals surface area (Å²) in [5.41, 5.74) is 7.61. The molecule has 0 bridgehead atoms. The van der Waals surface area contributed by atoms with Crippen LogP contribution >= 0.6 is 0 Å². The van der Waals surface area contributed by atoms with Gasteiger partial charge in [-0.15, -0.1) is 0 Å². The van der Waals surface area contributed by atoms with Crippen molar-refractivity contribution in [2.24, 2.45) is 5.73 Å². The van der Waals surface area contributed by atoms with Crippen LogP contribution in [0, 0.1) is 6.92 Å². The zero-order valence-electron chi connectivity index (χ0n) is 12.1. The average Bonchev–Trinajstić information content (AvgIpc) is 2.47. The van der Waals surface area contributed by atoms with Crippen molar-refractivity contribution in [1.82, 2.24) is 0 Å². The quantitative estimate of drug-likeness (QED) is 0.905. The lowest BCUT2D eigenvalue weighted by atomic mass is 9.95. The first-order valence-corrected chi connectivity index (χ1v) is 6.35. The maximum atomic E-state index is 11.6. The zero-order valence-corrected chi connectivity index (χ0v) is 12.1. The number of primary amides is 1. The number of rotatable bonds is 4. The molecule has 0 aromatic heterocycles. The molecular formula is C16H17NO4. The van der Waals surface area contributed by atoms with Gasteiger partial charge in [-0.3, -0.25) is 4.79 Å². The first-order chi connectivity index (χ1) is 10.0. The van der Waals surface area contributed by atoms with Crippen molar-refractivity contribution >= 4 is 5.91 Å². The third-order valence-electron chi connectivity index (χ3n) is 3.32. The van der Waals surface area contributed by atoms with Gasteiger partial charge in [-0.25, -0.2) is 0 Å². The summed E-state index contributed by atoms with van der Waals surface area (Å²) in [6.45, 7) is 1.90. The van der Waals surface area contributed by atoms with Crippen LogP contribution in [0.15, 0.2) is 30.3 Å². The Hall–Kier alpha value is -2.69. The van der Waals surface area contributed by atoms with Crippen LogP contribution in [0.4, 0.5) is 0 Å². The molecule has 21 heavy (non-hydrogen) atoms. The van der Waals surface area contributed by atoms with Crippen LogP contribution in [-0.4, -0.2) is 25.2 Å². The third-order valence-corrected chi connectivity index (χ3v) is 3.32. The molecule has 0 aliphatic heterocycles. The highest BCUT2D eigenvalue weighted by molar-refractivity contribution is 6.00. The normalized spacial score (nSPS) is 10.2. The number of hydrogen-bond acceptors (Lipinski definition) is 4. The van der Waals surface area contributed by atoms with Crippen LogP contribution in [0.3, 0.4) is 0 Å². The highest BCUT2D eigenvalue weighted by Gasteiger charge is 2.23. The van der Waals surface area contributed by atoms with Crippen LogP contribution in [0.25, 0.3) is 11.1 Å². The minimum Gasteiger partial charge on any atom is -0.504 e.